The molecule has 160 valence electrons. The molecule has 0 fully saturated rings. The molecule has 0 spiro atoms. The summed E-state index contributed by atoms with van der Waals surface area (Å²) in [6.45, 7) is 6.05. The van der Waals surface area contributed by atoms with E-state index in [1.807, 2.05) is 31.8 Å². The van der Waals surface area contributed by atoms with Gasteiger partial charge in [0, 0.05) is 5.56 Å². The number of rotatable bonds is 9. The van der Waals surface area contributed by atoms with Crippen LogP contribution in [0.4, 0.5) is 0 Å². The van der Waals surface area contributed by atoms with E-state index in [0.29, 0.717) is 17.1 Å². The third-order valence-electron chi connectivity index (χ3n) is 4.25. The van der Waals surface area contributed by atoms with Crippen molar-refractivity contribution in [3.63, 3.8) is 0 Å². The summed E-state index contributed by atoms with van der Waals surface area (Å²) in [5.41, 5.74) is 1.31. The van der Waals surface area contributed by atoms with Gasteiger partial charge in [0.2, 0.25) is 0 Å². The number of ether oxygens (including phenoxy) is 3. The molecule has 30 heavy (non-hydrogen) atoms. The number of benzene rings is 2. The smallest absolute Gasteiger partial charge is 0.336 e. The normalized spacial score (nSPS) is 12.8. The second kappa shape index (κ2) is 10.2. The minimum absolute atomic E-state index is 0.144. The lowest BCUT2D eigenvalue weighted by molar-refractivity contribution is -0.137. The molecule has 0 radical (unpaired) electrons. The average Bonchev–Trinajstić information content (AvgIpc) is 2.74. The molecule has 6 nitrogen and oxygen atoms in total. The fraction of sp³-hybridized carbons (Fsp3) is 0.304. The van der Waals surface area contributed by atoms with E-state index in [-0.39, 0.29) is 11.4 Å². The van der Waals surface area contributed by atoms with Crippen molar-refractivity contribution in [1.29, 1.82) is 0 Å². The van der Waals surface area contributed by atoms with Crippen LogP contribution in [0.3, 0.4) is 0 Å². The highest BCUT2D eigenvalue weighted by Crippen LogP contribution is 2.32. The van der Waals surface area contributed by atoms with E-state index in [9.17, 15) is 9.59 Å². The number of esters is 1. The van der Waals surface area contributed by atoms with Crippen molar-refractivity contribution >= 4 is 20.1 Å². The van der Waals surface area contributed by atoms with E-state index < -0.39 is 20.4 Å². The van der Waals surface area contributed by atoms with Crippen LogP contribution < -0.4 is 9.47 Å². The maximum atomic E-state index is 12.9. The Balaban J connectivity index is 2.51. The molecule has 0 saturated carbocycles. The summed E-state index contributed by atoms with van der Waals surface area (Å²) in [7, 11) is 2.33. The lowest BCUT2D eigenvalue weighted by atomic mass is 9.98. The second-order valence-corrected chi connectivity index (χ2v) is 12.0. The Labute approximate surface area is 178 Å². The molecule has 0 aliphatic rings. The zero-order valence-corrected chi connectivity index (χ0v) is 19.2. The Hall–Kier alpha value is -2.90. The van der Waals surface area contributed by atoms with Crippen molar-refractivity contribution in [3.8, 4) is 11.5 Å². The van der Waals surface area contributed by atoms with E-state index in [1.54, 1.807) is 50.6 Å². The Morgan fingerprint density at radius 2 is 1.33 bits per heavy atom. The third kappa shape index (κ3) is 6.30. The maximum absolute atomic E-state index is 12.9. The summed E-state index contributed by atoms with van der Waals surface area (Å²) in [6.07, 6.45) is 0.556. The quantitative estimate of drug-likeness (QED) is 0.252. The Kier molecular flexibility index (Phi) is 7.97. The molecule has 7 heteroatoms. The lowest BCUT2D eigenvalue weighted by Gasteiger charge is -2.28. The van der Waals surface area contributed by atoms with Crippen LogP contribution in [-0.2, 0) is 14.0 Å². The number of ketones is 1. The molecule has 0 N–H and O–H groups in total. The van der Waals surface area contributed by atoms with Crippen LogP contribution in [0.2, 0.25) is 19.6 Å². The molecular formula is C23H28O6Si. The number of hydrogen-bond donors (Lipinski definition) is 0. The van der Waals surface area contributed by atoms with Crippen LogP contribution in [0.1, 0.15) is 22.0 Å². The number of allylic oxidation sites excluding steroid dienone is 1. The molecule has 1 unspecified atom stereocenters. The number of carbonyl (C=O) groups is 2. The standard InChI is InChI=1S/C23H28O6Si/c1-26-18-11-7-16(8-12-18)21(24)15-20(23(25)28-3)22(29-30(4,5)6)17-9-13-19(27-2)14-10-17/h7-15,22H,1-6H3/b20-15-. The highest BCUT2D eigenvalue weighted by atomic mass is 28.4. The van der Waals surface area contributed by atoms with Crippen molar-refractivity contribution < 1.29 is 28.2 Å². The number of hydrogen-bond acceptors (Lipinski definition) is 6. The van der Waals surface area contributed by atoms with Crippen LogP contribution in [0.5, 0.6) is 11.5 Å². The van der Waals surface area contributed by atoms with Crippen LogP contribution in [0, 0.1) is 0 Å². The predicted octanol–water partition coefficient (Wildman–Crippen LogP) is 4.58. The highest BCUT2D eigenvalue weighted by molar-refractivity contribution is 6.69. The third-order valence-corrected chi connectivity index (χ3v) is 5.20. The Bertz CT molecular complexity index is 895. The molecule has 2 aromatic carbocycles. The van der Waals surface area contributed by atoms with Crippen molar-refractivity contribution in [1.82, 2.24) is 0 Å². The second-order valence-electron chi connectivity index (χ2n) is 7.57. The molecule has 0 aliphatic heterocycles. The van der Waals surface area contributed by atoms with E-state index in [2.05, 4.69) is 0 Å². The van der Waals surface area contributed by atoms with Gasteiger partial charge in [-0.25, -0.2) is 4.79 Å². The largest absolute Gasteiger partial charge is 0.497 e. The van der Waals surface area contributed by atoms with Gasteiger partial charge in [-0.15, -0.1) is 0 Å². The first-order valence-corrected chi connectivity index (χ1v) is 12.9. The SMILES string of the molecule is COC(=O)/C(=C\C(=O)c1ccc(OC)cc1)C(O[Si](C)(C)C)c1ccc(OC)cc1. The molecule has 2 rings (SSSR count). The molecule has 0 amide bonds. The van der Waals surface area contributed by atoms with Gasteiger partial charge in [-0.2, -0.15) is 0 Å². The van der Waals surface area contributed by atoms with Gasteiger partial charge in [-0.1, -0.05) is 12.1 Å². The fourth-order valence-electron chi connectivity index (χ4n) is 2.78. The summed E-state index contributed by atoms with van der Waals surface area (Å²) in [4.78, 5) is 25.5. The van der Waals surface area contributed by atoms with Gasteiger partial charge in [0.05, 0.1) is 26.9 Å². The van der Waals surface area contributed by atoms with Crippen molar-refractivity contribution in [2.45, 2.75) is 25.7 Å². The number of methoxy groups -OCH3 is 3. The van der Waals surface area contributed by atoms with Gasteiger partial charge in [0.25, 0.3) is 0 Å². The van der Waals surface area contributed by atoms with Crippen molar-refractivity contribution in [2.75, 3.05) is 21.3 Å². The zero-order chi connectivity index (χ0) is 22.3. The van der Waals surface area contributed by atoms with Gasteiger partial charge >= 0.3 is 5.97 Å². The van der Waals surface area contributed by atoms with E-state index >= 15 is 0 Å². The molecule has 0 aliphatic carbocycles. The molecule has 1 atom stereocenters. The molecule has 0 bridgehead atoms. The summed E-state index contributed by atoms with van der Waals surface area (Å²) in [5.74, 6) is 0.386. The number of carbonyl (C=O) groups excluding carboxylic acids is 2. The van der Waals surface area contributed by atoms with Crippen LogP contribution in [0.25, 0.3) is 0 Å². The molecule has 0 saturated heterocycles. The molecule has 0 heterocycles. The summed E-state index contributed by atoms with van der Waals surface area (Å²) >= 11 is 0. The van der Waals surface area contributed by atoms with Crippen molar-refractivity contribution in [2.24, 2.45) is 0 Å². The van der Waals surface area contributed by atoms with Crippen LogP contribution >= 0.6 is 0 Å². The molecule has 2 aromatic rings. The summed E-state index contributed by atoms with van der Waals surface area (Å²) in [5, 5.41) is 0. The first kappa shape index (κ1) is 23.4. The molecular weight excluding hydrogens is 400 g/mol. The van der Waals surface area contributed by atoms with Crippen LogP contribution in [0.15, 0.2) is 60.2 Å². The van der Waals surface area contributed by atoms with E-state index in [0.717, 1.165) is 5.56 Å². The Morgan fingerprint density at radius 1 is 0.833 bits per heavy atom. The van der Waals surface area contributed by atoms with Gasteiger partial charge in [-0.3, -0.25) is 4.79 Å². The summed E-state index contributed by atoms with van der Waals surface area (Å²) < 4.78 is 21.6. The molecule has 0 aromatic heterocycles. The van der Waals surface area contributed by atoms with Crippen molar-refractivity contribution in [3.05, 3.63) is 71.3 Å². The van der Waals surface area contributed by atoms with Gasteiger partial charge in [0.15, 0.2) is 14.1 Å². The Morgan fingerprint density at radius 3 is 1.77 bits per heavy atom. The highest BCUT2D eigenvalue weighted by Gasteiger charge is 2.30. The lowest BCUT2D eigenvalue weighted by Crippen LogP contribution is -2.31. The topological polar surface area (TPSA) is 71.1 Å². The van der Waals surface area contributed by atoms with Gasteiger partial charge < -0.3 is 18.6 Å². The average molecular weight is 429 g/mol. The first-order chi connectivity index (χ1) is 14.2. The first-order valence-electron chi connectivity index (χ1n) is 9.48. The van der Waals surface area contributed by atoms with Crippen LogP contribution in [-0.4, -0.2) is 41.4 Å². The minimum atomic E-state index is -2.10. The van der Waals surface area contributed by atoms with E-state index in [4.69, 9.17) is 18.6 Å². The minimum Gasteiger partial charge on any atom is -0.497 e. The monoisotopic (exact) mass is 428 g/mol. The summed E-state index contributed by atoms with van der Waals surface area (Å²) in [6, 6.07) is 13.9. The maximum Gasteiger partial charge on any atom is 0.336 e. The van der Waals surface area contributed by atoms with Gasteiger partial charge in [-0.05, 0) is 67.7 Å². The van der Waals surface area contributed by atoms with Gasteiger partial charge in [0.1, 0.15) is 17.6 Å². The predicted molar refractivity (Wildman–Crippen MR) is 118 cm³/mol. The van der Waals surface area contributed by atoms with E-state index in [1.165, 1.54) is 13.2 Å². The zero-order valence-electron chi connectivity index (χ0n) is 18.2. The fourth-order valence-corrected chi connectivity index (χ4v) is 3.75.